The summed E-state index contributed by atoms with van der Waals surface area (Å²) < 4.78 is 12.9. The number of carbonyl (C=O) groups is 2. The van der Waals surface area contributed by atoms with E-state index in [2.05, 4.69) is 15.3 Å². The molecule has 9 nitrogen and oxygen atoms in total. The standard InChI is InChI=1S/C22H31N5O4/c1-30-18-6-2-5-17-20(22(29)23-8-4-10-26-9-3-7-19(26)28)24-27(21(17)18)12-11-25-13-15-31-16-14-25/h2,5-6H,3-4,7-16H2,1H3,(H,23,29). The number of likely N-dealkylation sites (tertiary alicyclic amines) is 1. The van der Waals surface area contributed by atoms with Crippen molar-refractivity contribution in [2.24, 2.45) is 0 Å². The normalized spacial score (nSPS) is 17.5. The number of hydrogen-bond acceptors (Lipinski definition) is 6. The maximum atomic E-state index is 12.9. The maximum Gasteiger partial charge on any atom is 0.272 e. The van der Waals surface area contributed by atoms with Gasteiger partial charge in [0.1, 0.15) is 11.3 Å². The summed E-state index contributed by atoms with van der Waals surface area (Å²) in [5.41, 5.74) is 1.25. The third-order valence-electron chi connectivity index (χ3n) is 5.96. The molecular formula is C22H31N5O4. The number of rotatable bonds is 9. The first-order valence-corrected chi connectivity index (χ1v) is 11.1. The van der Waals surface area contributed by atoms with Crippen molar-refractivity contribution in [1.82, 2.24) is 24.9 Å². The fraction of sp³-hybridized carbons (Fsp3) is 0.591. The molecule has 1 aromatic carbocycles. The van der Waals surface area contributed by atoms with E-state index < -0.39 is 0 Å². The SMILES string of the molecule is COc1cccc2c(C(=O)NCCCN3CCCC3=O)nn(CCN3CCOCC3)c12. The number of aromatic nitrogens is 2. The van der Waals surface area contributed by atoms with E-state index in [1.54, 1.807) is 7.11 Å². The molecule has 0 radical (unpaired) electrons. The van der Waals surface area contributed by atoms with Crippen LogP contribution in [0.5, 0.6) is 5.75 Å². The van der Waals surface area contributed by atoms with Gasteiger partial charge < -0.3 is 19.7 Å². The molecule has 1 N–H and O–H groups in total. The van der Waals surface area contributed by atoms with Crippen LogP contribution in [0.25, 0.3) is 10.9 Å². The minimum absolute atomic E-state index is 0.198. The largest absolute Gasteiger partial charge is 0.494 e. The minimum Gasteiger partial charge on any atom is -0.494 e. The van der Waals surface area contributed by atoms with Gasteiger partial charge in [-0.3, -0.25) is 19.2 Å². The highest BCUT2D eigenvalue weighted by atomic mass is 16.5. The third-order valence-corrected chi connectivity index (χ3v) is 5.96. The average molecular weight is 430 g/mol. The number of fused-ring (bicyclic) bond motifs is 1. The van der Waals surface area contributed by atoms with E-state index in [0.29, 0.717) is 37.5 Å². The molecule has 0 unspecified atom stereocenters. The molecular weight excluding hydrogens is 398 g/mol. The van der Waals surface area contributed by atoms with Gasteiger partial charge in [0.25, 0.3) is 5.91 Å². The molecule has 2 aromatic rings. The van der Waals surface area contributed by atoms with Crippen LogP contribution in [-0.4, -0.2) is 91.0 Å². The summed E-state index contributed by atoms with van der Waals surface area (Å²) in [5, 5.41) is 8.40. The Hall–Kier alpha value is -2.65. The van der Waals surface area contributed by atoms with E-state index in [-0.39, 0.29) is 11.8 Å². The lowest BCUT2D eigenvalue weighted by Gasteiger charge is -2.26. The van der Waals surface area contributed by atoms with Crippen LogP contribution in [0.15, 0.2) is 18.2 Å². The van der Waals surface area contributed by atoms with E-state index in [4.69, 9.17) is 9.47 Å². The molecule has 2 amide bonds. The van der Waals surface area contributed by atoms with Gasteiger partial charge in [0.05, 0.1) is 26.9 Å². The molecule has 0 saturated carbocycles. The Morgan fingerprint density at radius 2 is 2.03 bits per heavy atom. The lowest BCUT2D eigenvalue weighted by molar-refractivity contribution is -0.127. The van der Waals surface area contributed by atoms with E-state index in [1.165, 1.54) is 0 Å². The van der Waals surface area contributed by atoms with Gasteiger partial charge in [-0.15, -0.1) is 0 Å². The Bertz CT molecular complexity index is 922. The van der Waals surface area contributed by atoms with Crippen LogP contribution in [0.2, 0.25) is 0 Å². The highest BCUT2D eigenvalue weighted by Gasteiger charge is 2.22. The van der Waals surface area contributed by atoms with Gasteiger partial charge in [0.15, 0.2) is 5.69 Å². The Kier molecular flexibility index (Phi) is 7.03. The summed E-state index contributed by atoms with van der Waals surface area (Å²) in [4.78, 5) is 28.8. The number of hydrogen-bond donors (Lipinski definition) is 1. The molecule has 4 rings (SSSR count). The number of methoxy groups -OCH3 is 1. The molecule has 168 valence electrons. The zero-order chi connectivity index (χ0) is 21.6. The van der Waals surface area contributed by atoms with Crippen molar-refractivity contribution in [2.45, 2.75) is 25.8 Å². The predicted octanol–water partition coefficient (Wildman–Crippen LogP) is 1.12. The first kappa shape index (κ1) is 21.6. The summed E-state index contributed by atoms with van der Waals surface area (Å²) in [5.74, 6) is 0.720. The van der Waals surface area contributed by atoms with Crippen molar-refractivity contribution < 1.29 is 19.1 Å². The molecule has 3 heterocycles. The number of para-hydroxylation sites is 1. The van der Waals surface area contributed by atoms with Crippen molar-refractivity contribution in [3.05, 3.63) is 23.9 Å². The highest BCUT2D eigenvalue weighted by Crippen LogP contribution is 2.28. The molecule has 2 fully saturated rings. The lowest BCUT2D eigenvalue weighted by atomic mass is 10.2. The van der Waals surface area contributed by atoms with Gasteiger partial charge >= 0.3 is 0 Å². The molecule has 0 spiro atoms. The molecule has 0 bridgehead atoms. The predicted molar refractivity (Wildman–Crippen MR) is 116 cm³/mol. The van der Waals surface area contributed by atoms with Gasteiger partial charge in [0.2, 0.25) is 5.91 Å². The van der Waals surface area contributed by atoms with Crippen molar-refractivity contribution in [3.8, 4) is 5.75 Å². The number of benzene rings is 1. The number of morpholine rings is 1. The first-order valence-electron chi connectivity index (χ1n) is 11.1. The van der Waals surface area contributed by atoms with Crippen LogP contribution < -0.4 is 10.1 Å². The molecule has 0 aliphatic carbocycles. The zero-order valence-corrected chi connectivity index (χ0v) is 18.1. The van der Waals surface area contributed by atoms with Gasteiger partial charge in [-0.25, -0.2) is 0 Å². The second-order valence-corrected chi connectivity index (χ2v) is 7.98. The highest BCUT2D eigenvalue weighted by molar-refractivity contribution is 6.06. The van der Waals surface area contributed by atoms with Gasteiger partial charge in [-0.2, -0.15) is 5.10 Å². The number of ether oxygens (including phenoxy) is 2. The van der Waals surface area contributed by atoms with E-state index in [1.807, 2.05) is 27.8 Å². The summed E-state index contributed by atoms with van der Waals surface area (Å²) in [6, 6.07) is 5.68. The second kappa shape index (κ2) is 10.1. The first-order chi connectivity index (χ1) is 15.2. The quantitative estimate of drug-likeness (QED) is 0.601. The number of carbonyl (C=O) groups excluding carboxylic acids is 2. The van der Waals surface area contributed by atoms with Crippen LogP contribution in [0, 0.1) is 0 Å². The topological polar surface area (TPSA) is 88.9 Å². The van der Waals surface area contributed by atoms with E-state index in [0.717, 1.165) is 63.1 Å². The van der Waals surface area contributed by atoms with E-state index in [9.17, 15) is 9.59 Å². The van der Waals surface area contributed by atoms with Gasteiger partial charge in [-0.1, -0.05) is 12.1 Å². The van der Waals surface area contributed by atoms with Crippen LogP contribution in [-0.2, 0) is 16.1 Å². The zero-order valence-electron chi connectivity index (χ0n) is 18.1. The van der Waals surface area contributed by atoms with E-state index >= 15 is 0 Å². The van der Waals surface area contributed by atoms with Crippen molar-refractivity contribution in [2.75, 3.05) is 59.6 Å². The summed E-state index contributed by atoms with van der Waals surface area (Å²) in [7, 11) is 1.63. The fourth-order valence-electron chi connectivity index (χ4n) is 4.26. The molecule has 9 heteroatoms. The van der Waals surface area contributed by atoms with Crippen molar-refractivity contribution >= 4 is 22.7 Å². The summed E-state index contributed by atoms with van der Waals surface area (Å²) >= 11 is 0. The Balaban J connectivity index is 1.43. The Morgan fingerprint density at radius 3 is 2.77 bits per heavy atom. The Morgan fingerprint density at radius 1 is 1.19 bits per heavy atom. The second-order valence-electron chi connectivity index (χ2n) is 7.98. The third kappa shape index (κ3) is 4.99. The molecule has 2 saturated heterocycles. The van der Waals surface area contributed by atoms with Crippen molar-refractivity contribution in [1.29, 1.82) is 0 Å². The summed E-state index contributed by atoms with van der Waals surface area (Å²) in [6.45, 7) is 6.83. The minimum atomic E-state index is -0.198. The molecule has 1 aromatic heterocycles. The monoisotopic (exact) mass is 429 g/mol. The van der Waals surface area contributed by atoms with Crippen LogP contribution >= 0.6 is 0 Å². The van der Waals surface area contributed by atoms with Crippen LogP contribution in [0.1, 0.15) is 29.8 Å². The molecule has 31 heavy (non-hydrogen) atoms. The molecule has 2 aliphatic heterocycles. The van der Waals surface area contributed by atoms with Gasteiger partial charge in [0, 0.05) is 51.1 Å². The smallest absolute Gasteiger partial charge is 0.272 e. The lowest BCUT2D eigenvalue weighted by Crippen LogP contribution is -2.38. The molecule has 0 atom stereocenters. The Labute approximate surface area is 182 Å². The molecule has 2 aliphatic rings. The average Bonchev–Trinajstić information content (AvgIpc) is 3.39. The van der Waals surface area contributed by atoms with Crippen LogP contribution in [0.4, 0.5) is 0 Å². The number of nitrogens with zero attached hydrogens (tertiary/aromatic N) is 4. The maximum absolute atomic E-state index is 12.9. The van der Waals surface area contributed by atoms with Gasteiger partial charge in [-0.05, 0) is 18.9 Å². The number of amides is 2. The summed E-state index contributed by atoms with van der Waals surface area (Å²) in [6.07, 6.45) is 2.31. The van der Waals surface area contributed by atoms with Crippen molar-refractivity contribution in [3.63, 3.8) is 0 Å². The number of nitrogens with one attached hydrogen (secondary N) is 1. The van der Waals surface area contributed by atoms with Crippen LogP contribution in [0.3, 0.4) is 0 Å². The fourth-order valence-corrected chi connectivity index (χ4v) is 4.26.